The Morgan fingerprint density at radius 2 is 2.10 bits per heavy atom. The number of benzene rings is 1. The lowest BCUT2D eigenvalue weighted by Gasteiger charge is -2.31. The van der Waals surface area contributed by atoms with Crippen LogP contribution in [-0.4, -0.2) is 36.3 Å². The van der Waals surface area contributed by atoms with Gasteiger partial charge in [0.05, 0.1) is 13.0 Å². The fourth-order valence-electron chi connectivity index (χ4n) is 2.86. The van der Waals surface area contributed by atoms with Crippen molar-refractivity contribution < 1.29 is 14.6 Å². The number of rotatable bonds is 3. The Bertz CT molecular complexity index is 664. The summed E-state index contributed by atoms with van der Waals surface area (Å²) in [6.07, 6.45) is 3.13. The molecule has 0 spiro atoms. The predicted molar refractivity (Wildman–Crippen MR) is 80.9 cm³/mol. The van der Waals surface area contributed by atoms with E-state index in [9.17, 15) is 4.79 Å². The highest BCUT2D eigenvalue weighted by Gasteiger charge is 2.25. The van der Waals surface area contributed by atoms with Gasteiger partial charge in [-0.2, -0.15) is 0 Å². The van der Waals surface area contributed by atoms with E-state index in [0.717, 1.165) is 35.4 Å². The second-order valence-corrected chi connectivity index (χ2v) is 5.32. The summed E-state index contributed by atoms with van der Waals surface area (Å²) in [5.74, 6) is 0.838. The number of ether oxygens (including phenoxy) is 1. The van der Waals surface area contributed by atoms with Gasteiger partial charge in [0.1, 0.15) is 11.6 Å². The van der Waals surface area contributed by atoms with Crippen molar-refractivity contribution in [2.45, 2.75) is 12.8 Å². The van der Waals surface area contributed by atoms with Crippen LogP contribution in [0.5, 0.6) is 5.75 Å². The van der Waals surface area contributed by atoms with Crippen molar-refractivity contribution in [1.29, 1.82) is 0 Å². The molecule has 1 aromatic heterocycles. The predicted octanol–water partition coefficient (Wildman–Crippen LogP) is 2.54. The lowest BCUT2D eigenvalue weighted by atomic mass is 9.97. The van der Waals surface area contributed by atoms with E-state index >= 15 is 0 Å². The van der Waals surface area contributed by atoms with Crippen molar-refractivity contribution >= 4 is 22.6 Å². The third-order valence-corrected chi connectivity index (χ3v) is 4.09. The molecule has 2 heterocycles. The molecular weight excluding hydrogens is 268 g/mol. The molecule has 5 heteroatoms. The first-order valence-corrected chi connectivity index (χ1v) is 7.09. The van der Waals surface area contributed by atoms with E-state index in [1.54, 1.807) is 13.3 Å². The van der Waals surface area contributed by atoms with E-state index in [1.165, 1.54) is 0 Å². The number of pyridine rings is 1. The van der Waals surface area contributed by atoms with E-state index < -0.39 is 5.97 Å². The van der Waals surface area contributed by atoms with Crippen molar-refractivity contribution in [2.24, 2.45) is 5.92 Å². The maximum atomic E-state index is 11.0. The number of carbonyl (C=O) groups is 1. The summed E-state index contributed by atoms with van der Waals surface area (Å²) in [5.41, 5.74) is 0. The molecule has 0 saturated carbocycles. The number of aromatic nitrogens is 1. The number of anilines is 1. The first-order valence-electron chi connectivity index (χ1n) is 7.09. The van der Waals surface area contributed by atoms with Gasteiger partial charge in [0, 0.05) is 24.7 Å². The second kappa shape index (κ2) is 5.60. The first-order chi connectivity index (χ1) is 10.2. The molecule has 0 unspecified atom stereocenters. The molecule has 21 heavy (non-hydrogen) atoms. The van der Waals surface area contributed by atoms with Gasteiger partial charge in [-0.25, -0.2) is 4.98 Å². The highest BCUT2D eigenvalue weighted by Crippen LogP contribution is 2.30. The van der Waals surface area contributed by atoms with E-state index in [4.69, 9.17) is 9.84 Å². The maximum Gasteiger partial charge on any atom is 0.306 e. The number of piperidine rings is 1. The normalized spacial score (nSPS) is 16.1. The monoisotopic (exact) mass is 286 g/mol. The van der Waals surface area contributed by atoms with E-state index in [2.05, 4.69) is 9.88 Å². The Morgan fingerprint density at radius 3 is 2.76 bits per heavy atom. The fourth-order valence-corrected chi connectivity index (χ4v) is 2.86. The van der Waals surface area contributed by atoms with Gasteiger partial charge in [0.15, 0.2) is 0 Å². The number of nitrogens with zero attached hydrogens (tertiary/aromatic N) is 2. The molecule has 0 aliphatic carbocycles. The van der Waals surface area contributed by atoms with Gasteiger partial charge in [-0.05, 0) is 42.5 Å². The third-order valence-electron chi connectivity index (χ3n) is 4.09. The maximum absolute atomic E-state index is 11.0. The summed E-state index contributed by atoms with van der Waals surface area (Å²) < 4.78 is 5.25. The van der Waals surface area contributed by atoms with E-state index in [1.807, 2.05) is 24.3 Å². The number of carboxylic acid groups (broad SMARTS) is 1. The van der Waals surface area contributed by atoms with Crippen LogP contribution in [0.3, 0.4) is 0 Å². The Balaban J connectivity index is 1.89. The lowest BCUT2D eigenvalue weighted by molar-refractivity contribution is -0.142. The molecule has 1 saturated heterocycles. The summed E-state index contributed by atoms with van der Waals surface area (Å²) in [4.78, 5) is 17.7. The molecule has 0 atom stereocenters. The van der Waals surface area contributed by atoms with Crippen molar-refractivity contribution in [1.82, 2.24) is 4.98 Å². The molecule has 0 radical (unpaired) electrons. The lowest BCUT2D eigenvalue weighted by Crippen LogP contribution is -2.36. The summed E-state index contributed by atoms with van der Waals surface area (Å²) in [6.45, 7) is 1.46. The van der Waals surface area contributed by atoms with Gasteiger partial charge in [0.2, 0.25) is 0 Å². The van der Waals surface area contributed by atoms with Gasteiger partial charge in [-0.1, -0.05) is 0 Å². The molecular formula is C16H18N2O3. The zero-order valence-electron chi connectivity index (χ0n) is 12.0. The summed E-state index contributed by atoms with van der Waals surface area (Å²) >= 11 is 0. The molecule has 1 aliphatic rings. The summed E-state index contributed by atoms with van der Waals surface area (Å²) in [5, 5.41) is 11.2. The van der Waals surface area contributed by atoms with Gasteiger partial charge in [0.25, 0.3) is 0 Å². The van der Waals surface area contributed by atoms with Gasteiger partial charge >= 0.3 is 5.97 Å². The number of hydrogen-bond donors (Lipinski definition) is 1. The third kappa shape index (κ3) is 2.63. The van der Waals surface area contributed by atoms with Gasteiger partial charge in [-0.3, -0.25) is 4.79 Å². The zero-order chi connectivity index (χ0) is 14.8. The van der Waals surface area contributed by atoms with Crippen molar-refractivity contribution in [3.8, 4) is 5.75 Å². The quantitative estimate of drug-likeness (QED) is 0.939. The Labute approximate surface area is 123 Å². The second-order valence-electron chi connectivity index (χ2n) is 5.32. The van der Waals surface area contributed by atoms with Crippen molar-refractivity contribution in [2.75, 3.05) is 25.1 Å². The Morgan fingerprint density at radius 1 is 1.33 bits per heavy atom. The molecule has 1 N–H and O–H groups in total. The molecule has 2 aromatic rings. The molecule has 110 valence electrons. The minimum atomic E-state index is -0.690. The topological polar surface area (TPSA) is 62.7 Å². The molecule has 1 aliphatic heterocycles. The number of carboxylic acids is 1. The molecule has 5 nitrogen and oxygen atoms in total. The molecule has 3 rings (SSSR count). The average molecular weight is 286 g/mol. The van der Waals surface area contributed by atoms with Gasteiger partial charge in [-0.15, -0.1) is 0 Å². The van der Waals surface area contributed by atoms with Crippen LogP contribution in [0.15, 0.2) is 30.5 Å². The standard InChI is InChI=1S/C16H18N2O3/c1-21-13-2-3-14-12(10-13)4-7-17-15(14)18-8-5-11(6-9-18)16(19)20/h2-4,7,10-11H,5-6,8-9H2,1H3,(H,19,20). The highest BCUT2D eigenvalue weighted by atomic mass is 16.5. The van der Waals surface area contributed by atoms with Crippen LogP contribution < -0.4 is 9.64 Å². The van der Waals surface area contributed by atoms with E-state index in [0.29, 0.717) is 12.8 Å². The minimum Gasteiger partial charge on any atom is -0.497 e. The van der Waals surface area contributed by atoms with Crippen LogP contribution in [0.2, 0.25) is 0 Å². The van der Waals surface area contributed by atoms with Crippen molar-refractivity contribution in [3.63, 3.8) is 0 Å². The fraction of sp³-hybridized carbons (Fsp3) is 0.375. The Kier molecular flexibility index (Phi) is 3.64. The zero-order valence-corrected chi connectivity index (χ0v) is 12.0. The molecule has 0 amide bonds. The largest absolute Gasteiger partial charge is 0.497 e. The van der Waals surface area contributed by atoms with E-state index in [-0.39, 0.29) is 5.92 Å². The Hall–Kier alpha value is -2.30. The van der Waals surface area contributed by atoms with Crippen LogP contribution in [0, 0.1) is 5.92 Å². The molecule has 1 fully saturated rings. The summed E-state index contributed by atoms with van der Waals surface area (Å²) in [7, 11) is 1.65. The average Bonchev–Trinajstić information content (AvgIpc) is 2.53. The number of methoxy groups -OCH3 is 1. The van der Waals surface area contributed by atoms with Gasteiger partial charge < -0.3 is 14.7 Å². The SMILES string of the molecule is COc1ccc2c(N3CCC(C(=O)O)CC3)nccc2c1. The highest BCUT2D eigenvalue weighted by molar-refractivity contribution is 5.93. The van der Waals surface area contributed by atoms with Crippen LogP contribution in [-0.2, 0) is 4.79 Å². The first kappa shape index (κ1) is 13.7. The summed E-state index contributed by atoms with van der Waals surface area (Å²) in [6, 6.07) is 7.90. The smallest absolute Gasteiger partial charge is 0.306 e. The number of fused-ring (bicyclic) bond motifs is 1. The van der Waals surface area contributed by atoms with Crippen LogP contribution in [0.1, 0.15) is 12.8 Å². The minimum absolute atomic E-state index is 0.226. The molecule has 0 bridgehead atoms. The van der Waals surface area contributed by atoms with Crippen LogP contribution in [0.4, 0.5) is 5.82 Å². The molecule has 1 aromatic carbocycles. The number of aliphatic carboxylic acids is 1. The van der Waals surface area contributed by atoms with Crippen LogP contribution in [0.25, 0.3) is 10.8 Å². The number of hydrogen-bond acceptors (Lipinski definition) is 4. The van der Waals surface area contributed by atoms with Crippen molar-refractivity contribution in [3.05, 3.63) is 30.5 Å². The van der Waals surface area contributed by atoms with Crippen LogP contribution >= 0.6 is 0 Å².